The van der Waals surface area contributed by atoms with Crippen molar-refractivity contribution in [1.29, 1.82) is 0 Å². The Hall–Kier alpha value is -2.64. The average molecular weight is 341 g/mol. The van der Waals surface area contributed by atoms with Crippen LogP contribution in [0.2, 0.25) is 0 Å². The number of β-amino-alcohol motifs (C(OH)–C–C–N with tert-alkyl or cyclic N) is 1. The summed E-state index contributed by atoms with van der Waals surface area (Å²) in [7, 11) is 0. The molecule has 1 aliphatic rings. The highest BCUT2D eigenvalue weighted by Gasteiger charge is 2.20. The Morgan fingerprint density at radius 3 is 2.80 bits per heavy atom. The molecular weight excluding hydrogens is 322 g/mol. The Kier molecular flexibility index (Phi) is 4.25. The molecule has 0 radical (unpaired) electrons. The highest BCUT2D eigenvalue weighted by molar-refractivity contribution is 5.42. The monoisotopic (exact) mass is 341 g/mol. The minimum absolute atomic E-state index is 0.0845. The van der Waals surface area contributed by atoms with Crippen LogP contribution < -0.4 is 5.76 Å². The van der Waals surface area contributed by atoms with E-state index in [2.05, 4.69) is 28.2 Å². The van der Waals surface area contributed by atoms with E-state index >= 15 is 0 Å². The predicted molar refractivity (Wildman–Crippen MR) is 89.9 cm³/mol. The number of aliphatic hydroxyl groups is 1. The lowest BCUT2D eigenvalue weighted by Crippen LogP contribution is -2.39. The van der Waals surface area contributed by atoms with Crippen LogP contribution in [0.15, 0.2) is 56.3 Å². The summed E-state index contributed by atoms with van der Waals surface area (Å²) in [5.74, 6) is -0.0958. The summed E-state index contributed by atoms with van der Waals surface area (Å²) in [5, 5.41) is 14.4. The zero-order valence-electron chi connectivity index (χ0n) is 13.7. The maximum Gasteiger partial charge on any atom is 0.437 e. The molecule has 0 fully saturated rings. The van der Waals surface area contributed by atoms with Crippen LogP contribution in [0.5, 0.6) is 0 Å². The molecule has 7 nitrogen and oxygen atoms in total. The summed E-state index contributed by atoms with van der Waals surface area (Å²) in [6.07, 6.45) is 1.74. The second kappa shape index (κ2) is 6.70. The molecule has 4 rings (SSSR count). The van der Waals surface area contributed by atoms with Crippen LogP contribution in [-0.2, 0) is 19.5 Å². The lowest BCUT2D eigenvalue weighted by molar-refractivity contribution is 0.0872. The molecule has 7 heteroatoms. The number of aliphatic hydroxyl groups excluding tert-OH is 1. The van der Waals surface area contributed by atoms with Crippen molar-refractivity contribution in [3.05, 3.63) is 64.3 Å². The molecule has 25 heavy (non-hydrogen) atoms. The van der Waals surface area contributed by atoms with E-state index in [-0.39, 0.29) is 12.4 Å². The van der Waals surface area contributed by atoms with E-state index in [9.17, 15) is 9.90 Å². The molecule has 3 aromatic rings. The fourth-order valence-electron chi connectivity index (χ4n) is 3.19. The van der Waals surface area contributed by atoms with Crippen molar-refractivity contribution in [1.82, 2.24) is 14.7 Å². The van der Waals surface area contributed by atoms with Gasteiger partial charge < -0.3 is 13.9 Å². The summed E-state index contributed by atoms with van der Waals surface area (Å²) >= 11 is 0. The Morgan fingerprint density at radius 2 is 2.00 bits per heavy atom. The van der Waals surface area contributed by atoms with Crippen molar-refractivity contribution >= 4 is 0 Å². The molecular formula is C18H19N3O4. The minimum atomic E-state index is -0.711. The number of hydrogen-bond donors (Lipinski definition) is 1. The lowest BCUT2D eigenvalue weighted by atomic mass is 10.00. The van der Waals surface area contributed by atoms with Crippen LogP contribution in [0.3, 0.4) is 0 Å². The number of furan rings is 1. The van der Waals surface area contributed by atoms with Gasteiger partial charge >= 0.3 is 5.76 Å². The Labute approximate surface area is 144 Å². The normalized spacial score (nSPS) is 15.9. The van der Waals surface area contributed by atoms with Crippen molar-refractivity contribution in [2.75, 3.05) is 13.1 Å². The molecule has 0 spiro atoms. The van der Waals surface area contributed by atoms with Gasteiger partial charge in [0.2, 0.25) is 0 Å². The van der Waals surface area contributed by atoms with E-state index in [0.29, 0.717) is 12.3 Å². The molecule has 130 valence electrons. The van der Waals surface area contributed by atoms with Crippen molar-refractivity contribution in [2.45, 2.75) is 25.6 Å². The maximum atomic E-state index is 11.9. The van der Waals surface area contributed by atoms with Gasteiger partial charge in [0.05, 0.1) is 18.9 Å². The van der Waals surface area contributed by atoms with Gasteiger partial charge in [0, 0.05) is 19.6 Å². The van der Waals surface area contributed by atoms with E-state index in [4.69, 9.17) is 8.83 Å². The quantitative estimate of drug-likeness (QED) is 0.757. The molecule has 1 atom stereocenters. The second-order valence-corrected chi connectivity index (χ2v) is 6.24. The SMILES string of the molecule is O=c1oc(-c2ccco2)nn1CC(O)CN1CCc2ccccc2C1. The molecule has 3 heterocycles. The van der Waals surface area contributed by atoms with Gasteiger partial charge in [-0.1, -0.05) is 24.3 Å². The largest absolute Gasteiger partial charge is 0.459 e. The summed E-state index contributed by atoms with van der Waals surface area (Å²) in [6.45, 7) is 2.25. The van der Waals surface area contributed by atoms with Gasteiger partial charge in [-0.3, -0.25) is 4.90 Å². The zero-order chi connectivity index (χ0) is 17.2. The second-order valence-electron chi connectivity index (χ2n) is 6.24. The molecule has 2 aromatic heterocycles. The van der Waals surface area contributed by atoms with Gasteiger partial charge in [-0.05, 0) is 29.7 Å². The van der Waals surface area contributed by atoms with Gasteiger partial charge in [-0.2, -0.15) is 4.68 Å². The van der Waals surface area contributed by atoms with Gasteiger partial charge in [0.15, 0.2) is 5.76 Å². The van der Waals surface area contributed by atoms with Gasteiger partial charge in [-0.15, -0.1) is 5.10 Å². The number of nitrogens with zero attached hydrogens (tertiary/aromatic N) is 3. The van der Waals surface area contributed by atoms with Crippen LogP contribution in [0.25, 0.3) is 11.7 Å². The maximum absolute atomic E-state index is 11.9. The molecule has 1 N–H and O–H groups in total. The number of hydrogen-bond acceptors (Lipinski definition) is 6. The number of benzene rings is 1. The number of fused-ring (bicyclic) bond motifs is 1. The minimum Gasteiger partial charge on any atom is -0.459 e. The van der Waals surface area contributed by atoms with Crippen molar-refractivity contribution in [3.63, 3.8) is 0 Å². The predicted octanol–water partition coefficient (Wildman–Crippen LogP) is 1.52. The van der Waals surface area contributed by atoms with Crippen LogP contribution in [-0.4, -0.2) is 39.0 Å². The lowest BCUT2D eigenvalue weighted by Gasteiger charge is -2.30. The fraction of sp³-hybridized carbons (Fsp3) is 0.333. The van der Waals surface area contributed by atoms with Crippen LogP contribution >= 0.6 is 0 Å². The average Bonchev–Trinajstić information content (AvgIpc) is 3.25. The summed E-state index contributed by atoms with van der Waals surface area (Å²) in [6, 6.07) is 11.7. The third kappa shape index (κ3) is 3.42. The smallest absolute Gasteiger partial charge is 0.437 e. The van der Waals surface area contributed by atoms with E-state index in [1.165, 1.54) is 17.4 Å². The fourth-order valence-corrected chi connectivity index (χ4v) is 3.19. The standard InChI is InChI=1S/C18H19N3O4/c22-15(11-20-8-7-13-4-1-2-5-14(13)10-20)12-21-18(23)25-17(19-21)16-6-3-9-24-16/h1-6,9,15,22H,7-8,10-12H2. The third-order valence-corrected chi connectivity index (χ3v) is 4.40. The molecule has 0 amide bonds. The van der Waals surface area contributed by atoms with E-state index in [1.807, 2.05) is 6.07 Å². The Bertz CT molecular complexity index is 897. The van der Waals surface area contributed by atoms with Crippen LogP contribution in [0.1, 0.15) is 11.1 Å². The first-order chi connectivity index (χ1) is 12.2. The van der Waals surface area contributed by atoms with Crippen molar-refractivity contribution < 1.29 is 13.9 Å². The zero-order valence-corrected chi connectivity index (χ0v) is 13.7. The van der Waals surface area contributed by atoms with Gasteiger partial charge in [-0.25, -0.2) is 4.79 Å². The third-order valence-electron chi connectivity index (χ3n) is 4.40. The highest BCUT2D eigenvalue weighted by atomic mass is 16.4. The number of aromatic nitrogens is 2. The molecule has 0 bridgehead atoms. The Morgan fingerprint density at radius 1 is 1.16 bits per heavy atom. The van der Waals surface area contributed by atoms with Crippen LogP contribution in [0.4, 0.5) is 0 Å². The first-order valence-electron chi connectivity index (χ1n) is 8.28. The first kappa shape index (κ1) is 15.9. The molecule has 0 saturated heterocycles. The van der Waals surface area contributed by atoms with Crippen molar-refractivity contribution in [2.24, 2.45) is 0 Å². The number of rotatable bonds is 5. The topological polar surface area (TPSA) is 84.6 Å². The molecule has 1 aromatic carbocycles. The van der Waals surface area contributed by atoms with Gasteiger partial charge in [0.25, 0.3) is 5.89 Å². The Balaban J connectivity index is 1.40. The molecule has 0 saturated carbocycles. The highest BCUT2D eigenvalue weighted by Crippen LogP contribution is 2.19. The molecule has 0 aliphatic carbocycles. The molecule has 1 unspecified atom stereocenters. The van der Waals surface area contributed by atoms with E-state index in [1.54, 1.807) is 12.1 Å². The van der Waals surface area contributed by atoms with Crippen LogP contribution in [0, 0.1) is 0 Å². The summed E-state index contributed by atoms with van der Waals surface area (Å²) < 4.78 is 11.4. The summed E-state index contributed by atoms with van der Waals surface area (Å²) in [4.78, 5) is 14.1. The molecule has 1 aliphatic heterocycles. The summed E-state index contributed by atoms with van der Waals surface area (Å²) in [5.41, 5.74) is 2.66. The van der Waals surface area contributed by atoms with Gasteiger partial charge in [0.1, 0.15) is 0 Å². The first-order valence-corrected chi connectivity index (χ1v) is 8.28. The van der Waals surface area contributed by atoms with E-state index < -0.39 is 11.9 Å². The van der Waals surface area contributed by atoms with E-state index in [0.717, 1.165) is 24.2 Å². The van der Waals surface area contributed by atoms with Crippen molar-refractivity contribution in [3.8, 4) is 11.7 Å².